The zero-order chi connectivity index (χ0) is 50.5. The predicted molar refractivity (Wildman–Crippen MR) is 267 cm³/mol. The Balaban J connectivity index is 0.953. The molecule has 1 aliphatic rings. The number of nitrogens with two attached hydrogens (primary N) is 2. The lowest BCUT2D eigenvalue weighted by molar-refractivity contribution is -0.146. The molecule has 2 atom stereocenters. The number of alkyl carbamates (subject to hydrolysis) is 2. The average Bonchev–Trinajstić information content (AvgIpc) is 3.32. The molecule has 5 rings (SSSR count). The van der Waals surface area contributed by atoms with Crippen molar-refractivity contribution >= 4 is 35.8 Å². The molecule has 0 spiro atoms. The van der Waals surface area contributed by atoms with Crippen molar-refractivity contribution < 1.29 is 47.8 Å². The highest BCUT2D eigenvalue weighted by atomic mass is 16.7. The summed E-state index contributed by atoms with van der Waals surface area (Å²) < 4.78 is 22.7. The van der Waals surface area contributed by atoms with Crippen LogP contribution in [0.2, 0.25) is 0 Å². The lowest BCUT2D eigenvalue weighted by Crippen LogP contribution is -2.45. The number of rotatable bonds is 22. The Labute approximate surface area is 411 Å². The molecule has 17 heteroatoms. The molecule has 0 aliphatic carbocycles. The van der Waals surface area contributed by atoms with Crippen molar-refractivity contribution in [3.8, 4) is 11.5 Å². The van der Waals surface area contributed by atoms with E-state index >= 15 is 0 Å². The number of carbonyl (C=O) groups excluding carboxylic acids is 4. The van der Waals surface area contributed by atoms with Gasteiger partial charge < -0.3 is 55.6 Å². The van der Waals surface area contributed by atoms with E-state index < -0.39 is 47.4 Å². The summed E-state index contributed by atoms with van der Waals surface area (Å²) in [4.78, 5) is 63.8. The van der Waals surface area contributed by atoms with E-state index in [0.29, 0.717) is 41.8 Å². The molecule has 4 aromatic carbocycles. The maximum atomic E-state index is 13.0. The Morgan fingerprint density at radius 2 is 1.00 bits per heavy atom. The van der Waals surface area contributed by atoms with Crippen molar-refractivity contribution in [3.63, 3.8) is 0 Å². The molecule has 0 aromatic heterocycles. The van der Waals surface area contributed by atoms with Crippen LogP contribution in [-0.2, 0) is 41.6 Å². The topological polar surface area (TPSA) is 228 Å². The third-order valence-corrected chi connectivity index (χ3v) is 10.9. The van der Waals surface area contributed by atoms with Crippen LogP contribution >= 0.6 is 0 Å². The maximum Gasteiger partial charge on any atom is 0.408 e. The van der Waals surface area contributed by atoms with Gasteiger partial charge in [0, 0.05) is 30.5 Å². The van der Waals surface area contributed by atoms with Gasteiger partial charge in [0.2, 0.25) is 0 Å². The van der Waals surface area contributed by atoms with Crippen LogP contribution in [0.3, 0.4) is 0 Å². The van der Waals surface area contributed by atoms with Gasteiger partial charge in [-0.3, -0.25) is 0 Å². The number of hydrogen-bond acceptors (Lipinski definition) is 13. The quantitative estimate of drug-likeness (QED) is 0.0196. The van der Waals surface area contributed by atoms with E-state index in [1.54, 1.807) is 90.1 Å². The van der Waals surface area contributed by atoms with Crippen LogP contribution < -0.4 is 31.6 Å². The Morgan fingerprint density at radius 1 is 0.600 bits per heavy atom. The molecule has 0 radical (unpaired) electrons. The highest BCUT2D eigenvalue weighted by Gasteiger charge is 2.28. The van der Waals surface area contributed by atoms with Crippen molar-refractivity contribution in [2.24, 2.45) is 27.7 Å². The lowest BCUT2D eigenvalue weighted by atomic mass is 9.92. The minimum absolute atomic E-state index is 0.000230. The van der Waals surface area contributed by atoms with Crippen molar-refractivity contribution in [1.29, 1.82) is 0 Å². The Hall–Kier alpha value is -7.14. The summed E-state index contributed by atoms with van der Waals surface area (Å²) in [5.74, 6) is 0.462. The minimum atomic E-state index is -1.05. The second-order valence-electron chi connectivity index (χ2n) is 19.1. The SMILES string of the molecule is CC(C)(C)OC(=O)NC(Cc1ccccc1)C(=O)O/N=C(\N)c1ccc(OCCCN2CCC(CCCOc3ccc(/C(N)=N\OC(=O)C(Cc4ccccc4)NC(=O)OC(C)(C)C)cc3)CC2)cc1. The molecule has 1 saturated heterocycles. The Bertz CT molecular complexity index is 2160. The number of nitrogens with zero attached hydrogens (tertiary/aromatic N) is 3. The molecule has 70 heavy (non-hydrogen) atoms. The molecule has 2 amide bonds. The van der Waals surface area contributed by atoms with Crippen LogP contribution in [0.4, 0.5) is 9.59 Å². The van der Waals surface area contributed by atoms with E-state index in [-0.39, 0.29) is 24.5 Å². The van der Waals surface area contributed by atoms with Crippen LogP contribution in [0, 0.1) is 5.92 Å². The summed E-state index contributed by atoms with van der Waals surface area (Å²) in [5, 5.41) is 12.9. The van der Waals surface area contributed by atoms with E-state index in [1.807, 2.05) is 60.7 Å². The van der Waals surface area contributed by atoms with E-state index in [0.717, 1.165) is 62.9 Å². The number of nitrogens with one attached hydrogen (secondary N) is 2. The van der Waals surface area contributed by atoms with Gasteiger partial charge in [-0.1, -0.05) is 71.0 Å². The van der Waals surface area contributed by atoms with Crippen LogP contribution in [0.25, 0.3) is 0 Å². The Kier molecular flexibility index (Phi) is 20.4. The van der Waals surface area contributed by atoms with Gasteiger partial charge in [-0.15, -0.1) is 0 Å². The molecule has 376 valence electrons. The molecular weight excluding hydrogens is 895 g/mol. The van der Waals surface area contributed by atoms with Gasteiger partial charge >= 0.3 is 24.1 Å². The van der Waals surface area contributed by atoms with E-state index in [1.165, 1.54) is 0 Å². The van der Waals surface area contributed by atoms with E-state index in [9.17, 15) is 19.2 Å². The van der Waals surface area contributed by atoms with Crippen LogP contribution in [0.5, 0.6) is 11.5 Å². The van der Waals surface area contributed by atoms with Crippen LogP contribution in [0.1, 0.15) is 95.9 Å². The first-order chi connectivity index (χ1) is 33.4. The van der Waals surface area contributed by atoms with Gasteiger partial charge in [-0.05, 0) is 152 Å². The predicted octanol–water partition coefficient (Wildman–Crippen LogP) is 7.63. The van der Waals surface area contributed by atoms with Gasteiger partial charge in [0.25, 0.3) is 0 Å². The fraction of sp³-hybridized carbons (Fsp3) is 0.434. The van der Waals surface area contributed by atoms with E-state index in [2.05, 4.69) is 25.8 Å². The molecule has 2 unspecified atom stereocenters. The smallest absolute Gasteiger partial charge is 0.408 e. The summed E-state index contributed by atoms with van der Waals surface area (Å²) in [6.07, 6.45) is 4.03. The number of hydrogen-bond donors (Lipinski definition) is 4. The number of amidine groups is 2. The van der Waals surface area contributed by atoms with Crippen LogP contribution in [0.15, 0.2) is 120 Å². The minimum Gasteiger partial charge on any atom is -0.494 e. The summed E-state index contributed by atoms with van der Waals surface area (Å²) in [6.45, 7) is 14.6. The Morgan fingerprint density at radius 3 is 1.40 bits per heavy atom. The van der Waals surface area contributed by atoms with Gasteiger partial charge in [-0.25, -0.2) is 19.2 Å². The molecule has 0 bridgehead atoms. The van der Waals surface area contributed by atoms with Crippen LogP contribution in [-0.4, -0.2) is 96.8 Å². The first-order valence-electron chi connectivity index (χ1n) is 23.7. The monoisotopic (exact) mass is 964 g/mol. The molecule has 1 heterocycles. The third-order valence-electron chi connectivity index (χ3n) is 10.9. The first-order valence-corrected chi connectivity index (χ1v) is 23.7. The van der Waals surface area contributed by atoms with Crippen molar-refractivity contribution in [2.75, 3.05) is 32.8 Å². The van der Waals surface area contributed by atoms with Crippen molar-refractivity contribution in [1.82, 2.24) is 15.5 Å². The summed E-state index contributed by atoms with van der Waals surface area (Å²) in [7, 11) is 0. The second-order valence-corrected chi connectivity index (χ2v) is 19.1. The lowest BCUT2D eigenvalue weighted by Gasteiger charge is -2.32. The van der Waals surface area contributed by atoms with Gasteiger partial charge in [-0.2, -0.15) is 0 Å². The fourth-order valence-corrected chi connectivity index (χ4v) is 7.39. The standard InChI is InChI=1S/C53H69N7O10/c1-52(2,3)67-50(63)56-44(35-38-15-9-7-10-16-38)48(61)69-58-46(54)40-20-24-42(25-21-40)65-33-13-19-37-28-31-60(32-29-37)30-14-34-66-43-26-22-41(23-27-43)47(55)59-70-49(62)45(36-39-17-11-8-12-18-39)57-51(64)68-53(4,5)6/h7-12,15-18,20-27,37,44-45H,13-14,19,28-36H2,1-6H3,(H2,54,58)(H2,55,59)(H,56,63)(H,57,64). The normalized spacial score (nSPS) is 14.7. The molecular formula is C53H69N7O10. The average molecular weight is 964 g/mol. The zero-order valence-corrected chi connectivity index (χ0v) is 41.2. The maximum absolute atomic E-state index is 13.0. The number of benzene rings is 4. The van der Waals surface area contributed by atoms with E-state index in [4.69, 9.17) is 40.1 Å². The fourth-order valence-electron chi connectivity index (χ4n) is 7.39. The van der Waals surface area contributed by atoms with Crippen molar-refractivity contribution in [2.45, 2.75) is 110 Å². The number of ether oxygens (including phenoxy) is 4. The molecule has 0 saturated carbocycles. The number of likely N-dealkylation sites (tertiary alicyclic amines) is 1. The zero-order valence-electron chi connectivity index (χ0n) is 41.2. The molecule has 1 aliphatic heterocycles. The second kappa shape index (κ2) is 26.6. The number of amides is 2. The molecule has 17 nitrogen and oxygen atoms in total. The van der Waals surface area contributed by atoms with Gasteiger partial charge in [0.15, 0.2) is 11.7 Å². The van der Waals surface area contributed by atoms with Gasteiger partial charge in [0.1, 0.15) is 34.8 Å². The number of oxime groups is 2. The van der Waals surface area contributed by atoms with Gasteiger partial charge in [0.05, 0.1) is 13.2 Å². The highest BCUT2D eigenvalue weighted by molar-refractivity contribution is 5.98. The summed E-state index contributed by atoms with van der Waals surface area (Å²) >= 11 is 0. The largest absolute Gasteiger partial charge is 0.494 e. The molecule has 4 aromatic rings. The third kappa shape index (κ3) is 19.8. The number of carbonyl (C=O) groups is 4. The number of piperidine rings is 1. The molecule has 6 N–H and O–H groups in total. The summed E-state index contributed by atoms with van der Waals surface area (Å²) in [5.41, 5.74) is 13.5. The first kappa shape index (κ1) is 53.8. The van der Waals surface area contributed by atoms with Crippen molar-refractivity contribution in [3.05, 3.63) is 131 Å². The summed E-state index contributed by atoms with van der Waals surface area (Å²) in [6, 6.07) is 30.5. The highest BCUT2D eigenvalue weighted by Crippen LogP contribution is 2.23. The molecule has 1 fully saturated rings.